The van der Waals surface area contributed by atoms with Crippen molar-refractivity contribution in [2.75, 3.05) is 39.8 Å². The maximum atomic E-state index is 12.4. The zero-order valence-corrected chi connectivity index (χ0v) is 17.7. The fourth-order valence-electron chi connectivity index (χ4n) is 3.56. The molecule has 0 radical (unpaired) electrons. The number of guanidine groups is 1. The summed E-state index contributed by atoms with van der Waals surface area (Å²) in [5.74, 6) is 1.05. The molecule has 1 saturated heterocycles. The van der Waals surface area contributed by atoms with Gasteiger partial charge in [-0.2, -0.15) is 0 Å². The molecule has 2 N–H and O–H groups in total. The van der Waals surface area contributed by atoms with E-state index >= 15 is 0 Å². The number of carbonyl (C=O) groups is 1. The Morgan fingerprint density at radius 2 is 2.04 bits per heavy atom. The molecule has 26 heavy (non-hydrogen) atoms. The zero-order chi connectivity index (χ0) is 19.4. The van der Waals surface area contributed by atoms with Crippen LogP contribution in [0.5, 0.6) is 0 Å². The van der Waals surface area contributed by atoms with Crippen molar-refractivity contribution >= 4 is 11.9 Å². The highest BCUT2D eigenvalue weighted by Gasteiger charge is 2.22. The van der Waals surface area contributed by atoms with Crippen LogP contribution in [0.3, 0.4) is 0 Å². The van der Waals surface area contributed by atoms with Gasteiger partial charge in [-0.1, -0.05) is 13.8 Å². The summed E-state index contributed by atoms with van der Waals surface area (Å²) in [5.41, 5.74) is 0. The third-order valence-corrected chi connectivity index (χ3v) is 5.37. The summed E-state index contributed by atoms with van der Waals surface area (Å²) in [7, 11) is 1.78. The molecule has 0 aromatic carbocycles. The molecule has 0 aliphatic carbocycles. The Morgan fingerprint density at radius 3 is 2.65 bits per heavy atom. The van der Waals surface area contributed by atoms with E-state index in [4.69, 9.17) is 0 Å². The first kappa shape index (κ1) is 22.7. The fraction of sp³-hybridized carbons (Fsp3) is 0.900. The Balaban J connectivity index is 2.24. The van der Waals surface area contributed by atoms with Gasteiger partial charge in [-0.15, -0.1) is 0 Å². The lowest BCUT2D eigenvalue weighted by molar-refractivity contribution is -0.134. The highest BCUT2D eigenvalue weighted by Crippen LogP contribution is 2.16. The van der Waals surface area contributed by atoms with E-state index in [1.807, 2.05) is 4.90 Å². The van der Waals surface area contributed by atoms with Gasteiger partial charge in [0, 0.05) is 38.6 Å². The Labute approximate surface area is 160 Å². The lowest BCUT2D eigenvalue weighted by Crippen LogP contribution is -2.45. The average Bonchev–Trinajstić information content (AvgIpc) is 2.64. The number of amides is 1. The Bertz CT molecular complexity index is 422. The van der Waals surface area contributed by atoms with Gasteiger partial charge in [-0.25, -0.2) is 0 Å². The van der Waals surface area contributed by atoms with Crippen molar-refractivity contribution in [3.05, 3.63) is 0 Å². The van der Waals surface area contributed by atoms with E-state index < -0.39 is 0 Å². The molecule has 1 rings (SSSR count). The predicted octanol–water partition coefficient (Wildman–Crippen LogP) is 2.45. The van der Waals surface area contributed by atoms with Gasteiger partial charge in [0.15, 0.2) is 5.96 Å². The first-order valence-corrected chi connectivity index (χ1v) is 10.5. The third kappa shape index (κ3) is 8.39. The van der Waals surface area contributed by atoms with Gasteiger partial charge in [0.1, 0.15) is 0 Å². The van der Waals surface area contributed by atoms with Crippen LogP contribution in [-0.2, 0) is 4.79 Å². The highest BCUT2D eigenvalue weighted by molar-refractivity contribution is 5.81. The molecule has 0 saturated carbocycles. The topological polar surface area (TPSA) is 60.0 Å². The van der Waals surface area contributed by atoms with Crippen LogP contribution in [0.1, 0.15) is 66.2 Å². The second-order valence-corrected chi connectivity index (χ2v) is 7.40. The van der Waals surface area contributed by atoms with E-state index in [-0.39, 0.29) is 5.91 Å². The summed E-state index contributed by atoms with van der Waals surface area (Å²) in [6, 6.07) is 0.758. The zero-order valence-electron chi connectivity index (χ0n) is 17.7. The van der Waals surface area contributed by atoms with Crippen LogP contribution in [0.15, 0.2) is 4.99 Å². The molecule has 1 aliphatic heterocycles. The first-order chi connectivity index (χ1) is 12.5. The molecule has 2 unspecified atom stereocenters. The van der Waals surface area contributed by atoms with E-state index in [0.29, 0.717) is 25.0 Å². The summed E-state index contributed by atoms with van der Waals surface area (Å²) in [4.78, 5) is 21.2. The van der Waals surface area contributed by atoms with Gasteiger partial charge in [0.25, 0.3) is 0 Å². The lowest BCUT2D eigenvalue weighted by atomic mass is 10.0. The second kappa shape index (κ2) is 13.0. The van der Waals surface area contributed by atoms with Crippen molar-refractivity contribution in [2.45, 2.75) is 78.3 Å². The van der Waals surface area contributed by atoms with Crippen LogP contribution in [0.25, 0.3) is 0 Å². The fourth-order valence-corrected chi connectivity index (χ4v) is 3.56. The molecule has 6 heteroatoms. The molecule has 1 aliphatic rings. The van der Waals surface area contributed by atoms with Crippen LogP contribution in [0.4, 0.5) is 0 Å². The SMILES string of the molecule is CCN(CC)CCCC(C)NC(=NC)NCCC(=O)N1CCCCC1C. The minimum Gasteiger partial charge on any atom is -0.356 e. The molecular formula is C20H41N5O. The van der Waals surface area contributed by atoms with Gasteiger partial charge in [-0.05, 0) is 65.6 Å². The van der Waals surface area contributed by atoms with Gasteiger partial charge < -0.3 is 20.4 Å². The number of hydrogen-bond donors (Lipinski definition) is 2. The second-order valence-electron chi connectivity index (χ2n) is 7.40. The number of carbonyl (C=O) groups excluding carboxylic acids is 1. The Hall–Kier alpha value is -1.30. The quantitative estimate of drug-likeness (QED) is 0.460. The summed E-state index contributed by atoms with van der Waals surface area (Å²) < 4.78 is 0. The van der Waals surface area contributed by atoms with E-state index in [0.717, 1.165) is 51.4 Å². The Morgan fingerprint density at radius 1 is 1.31 bits per heavy atom. The number of rotatable bonds is 10. The van der Waals surface area contributed by atoms with Crippen LogP contribution in [0, 0.1) is 0 Å². The van der Waals surface area contributed by atoms with Crippen molar-refractivity contribution in [1.82, 2.24) is 20.4 Å². The van der Waals surface area contributed by atoms with E-state index in [9.17, 15) is 4.79 Å². The van der Waals surface area contributed by atoms with Gasteiger partial charge in [0.05, 0.1) is 0 Å². The van der Waals surface area contributed by atoms with E-state index in [1.54, 1.807) is 7.05 Å². The number of likely N-dealkylation sites (tertiary alicyclic amines) is 1. The molecule has 0 spiro atoms. The van der Waals surface area contributed by atoms with Crippen molar-refractivity contribution in [1.29, 1.82) is 0 Å². The molecular weight excluding hydrogens is 326 g/mol. The van der Waals surface area contributed by atoms with E-state index in [1.165, 1.54) is 12.8 Å². The molecule has 1 fully saturated rings. The third-order valence-electron chi connectivity index (χ3n) is 5.37. The molecule has 6 nitrogen and oxygen atoms in total. The molecule has 1 heterocycles. The minimum absolute atomic E-state index is 0.257. The maximum absolute atomic E-state index is 12.4. The normalized spacial score (nSPS) is 19.5. The molecule has 0 bridgehead atoms. The van der Waals surface area contributed by atoms with Crippen LogP contribution in [0.2, 0.25) is 0 Å². The monoisotopic (exact) mass is 367 g/mol. The maximum Gasteiger partial charge on any atom is 0.224 e. The average molecular weight is 368 g/mol. The van der Waals surface area contributed by atoms with Gasteiger partial charge in [0.2, 0.25) is 5.91 Å². The predicted molar refractivity (Wildman–Crippen MR) is 111 cm³/mol. The van der Waals surface area contributed by atoms with Crippen molar-refractivity contribution < 1.29 is 4.79 Å². The summed E-state index contributed by atoms with van der Waals surface area (Å²) in [6.07, 6.45) is 6.33. The summed E-state index contributed by atoms with van der Waals surface area (Å²) in [5, 5.41) is 6.72. The minimum atomic E-state index is 0.257. The number of nitrogens with zero attached hydrogens (tertiary/aromatic N) is 3. The Kier molecular flexibility index (Phi) is 11.3. The van der Waals surface area contributed by atoms with Gasteiger partial charge in [-0.3, -0.25) is 9.79 Å². The molecule has 0 aromatic heterocycles. The smallest absolute Gasteiger partial charge is 0.224 e. The standard InChI is InChI=1S/C20H41N5O/c1-6-24(7-2)15-10-11-17(3)23-20(21-5)22-14-13-19(26)25-16-9-8-12-18(25)4/h17-18H,6-16H2,1-5H3,(H2,21,22,23). The number of nitrogens with one attached hydrogen (secondary N) is 2. The summed E-state index contributed by atoms with van der Waals surface area (Å²) >= 11 is 0. The van der Waals surface area contributed by atoms with Crippen LogP contribution < -0.4 is 10.6 Å². The first-order valence-electron chi connectivity index (χ1n) is 10.5. The number of hydrogen-bond acceptors (Lipinski definition) is 3. The molecule has 1 amide bonds. The van der Waals surface area contributed by atoms with Crippen molar-refractivity contribution in [3.63, 3.8) is 0 Å². The van der Waals surface area contributed by atoms with Gasteiger partial charge >= 0.3 is 0 Å². The molecule has 152 valence electrons. The largest absolute Gasteiger partial charge is 0.356 e. The molecule has 2 atom stereocenters. The van der Waals surface area contributed by atoms with Crippen LogP contribution >= 0.6 is 0 Å². The number of piperidine rings is 1. The number of aliphatic imine (C=N–C) groups is 1. The van der Waals surface area contributed by atoms with Crippen LogP contribution in [-0.4, -0.2) is 73.5 Å². The van der Waals surface area contributed by atoms with Crippen molar-refractivity contribution in [2.24, 2.45) is 4.99 Å². The molecule has 0 aromatic rings. The van der Waals surface area contributed by atoms with E-state index in [2.05, 4.69) is 48.2 Å². The summed E-state index contributed by atoms with van der Waals surface area (Å²) in [6.45, 7) is 13.7. The highest BCUT2D eigenvalue weighted by atomic mass is 16.2. The van der Waals surface area contributed by atoms with Crippen molar-refractivity contribution in [3.8, 4) is 0 Å². The lowest BCUT2D eigenvalue weighted by Gasteiger charge is -2.33.